The van der Waals surface area contributed by atoms with Gasteiger partial charge < -0.3 is 0 Å². The summed E-state index contributed by atoms with van der Waals surface area (Å²) in [5.74, 6) is 0. The van der Waals surface area contributed by atoms with Gasteiger partial charge in [-0.1, -0.05) is 18.2 Å². The van der Waals surface area contributed by atoms with Crippen LogP contribution in [0.15, 0.2) is 24.3 Å². The largest absolute Gasteiger partial charge is 0.272 e. The van der Waals surface area contributed by atoms with Gasteiger partial charge in [0.25, 0.3) is 15.8 Å². The van der Waals surface area contributed by atoms with E-state index < -0.39 is 21.1 Å². The molecule has 0 unspecified atom stereocenters. The van der Waals surface area contributed by atoms with Crippen LogP contribution in [-0.2, 0) is 20.7 Å². The lowest BCUT2D eigenvalue weighted by atomic mass is 10.1. The van der Waals surface area contributed by atoms with Crippen molar-refractivity contribution >= 4 is 15.8 Å². The zero-order valence-corrected chi connectivity index (χ0v) is 10.3. The summed E-state index contributed by atoms with van der Waals surface area (Å²) in [6.45, 7) is 1.55. The van der Waals surface area contributed by atoms with Crippen LogP contribution in [-0.4, -0.2) is 25.7 Å². The highest BCUT2D eigenvalue weighted by Gasteiger charge is 2.17. The summed E-state index contributed by atoms with van der Waals surface area (Å²) in [5.41, 5.74) is 0.421. The Balaban J connectivity index is 2.85. The van der Waals surface area contributed by atoms with Crippen LogP contribution in [0.5, 0.6) is 0 Å². The van der Waals surface area contributed by atoms with Gasteiger partial charge in [0.1, 0.15) is 0 Å². The molecule has 1 aromatic carbocycles. The van der Waals surface area contributed by atoms with Crippen LogP contribution in [0.4, 0.5) is 5.69 Å². The van der Waals surface area contributed by atoms with Crippen molar-refractivity contribution in [2.45, 2.75) is 19.4 Å². The van der Waals surface area contributed by atoms with E-state index in [2.05, 4.69) is 0 Å². The number of nitrogens with zero attached hydrogens (tertiary/aromatic N) is 1. The van der Waals surface area contributed by atoms with Gasteiger partial charge in [-0.3, -0.25) is 14.3 Å². The van der Waals surface area contributed by atoms with E-state index in [4.69, 9.17) is 4.18 Å². The average molecular weight is 259 g/mol. The predicted octanol–water partition coefficient (Wildman–Crippen LogP) is 1.50. The molecule has 6 nitrogen and oxygen atoms in total. The first-order valence-corrected chi connectivity index (χ1v) is 6.72. The molecular formula is C10H13NO5S. The van der Waals surface area contributed by atoms with Gasteiger partial charge in [0.2, 0.25) is 0 Å². The number of para-hydroxylation sites is 1. The van der Waals surface area contributed by atoms with Crippen LogP contribution in [0, 0.1) is 10.1 Å². The molecule has 0 fully saturated rings. The number of hydrogen-bond acceptors (Lipinski definition) is 5. The Labute approximate surface area is 99.5 Å². The minimum atomic E-state index is -3.55. The molecule has 0 N–H and O–H groups in total. The van der Waals surface area contributed by atoms with Gasteiger partial charge in [0.15, 0.2) is 0 Å². The molecule has 0 aliphatic carbocycles. The maximum atomic E-state index is 10.9. The van der Waals surface area contributed by atoms with Gasteiger partial charge in [-0.05, 0) is 6.92 Å². The number of hydrogen-bond donors (Lipinski definition) is 0. The fourth-order valence-corrected chi connectivity index (χ4v) is 2.17. The number of benzene rings is 1. The molecule has 7 heteroatoms. The van der Waals surface area contributed by atoms with Gasteiger partial charge in [-0.25, -0.2) is 0 Å². The minimum absolute atomic E-state index is 0.0311. The summed E-state index contributed by atoms with van der Waals surface area (Å²) < 4.78 is 26.5. The van der Waals surface area contributed by atoms with Gasteiger partial charge in [-0.2, -0.15) is 8.42 Å². The molecule has 94 valence electrons. The first-order chi connectivity index (χ1) is 7.79. The van der Waals surface area contributed by atoms with E-state index in [-0.39, 0.29) is 12.1 Å². The normalized spacial score (nSPS) is 13.3. The molecular weight excluding hydrogens is 246 g/mol. The Morgan fingerprint density at radius 1 is 1.41 bits per heavy atom. The lowest BCUT2D eigenvalue weighted by Crippen LogP contribution is -2.17. The van der Waals surface area contributed by atoms with Gasteiger partial charge >= 0.3 is 0 Å². The van der Waals surface area contributed by atoms with Crippen molar-refractivity contribution in [2.24, 2.45) is 0 Å². The first kappa shape index (κ1) is 13.6. The molecule has 17 heavy (non-hydrogen) atoms. The van der Waals surface area contributed by atoms with Crippen LogP contribution in [0.3, 0.4) is 0 Å². The Bertz CT molecular complexity index is 511. The van der Waals surface area contributed by atoms with Crippen LogP contribution < -0.4 is 0 Å². The fraction of sp³-hybridized carbons (Fsp3) is 0.400. The van der Waals surface area contributed by atoms with Crippen molar-refractivity contribution in [1.29, 1.82) is 0 Å². The molecule has 0 amide bonds. The second-order valence-corrected chi connectivity index (χ2v) is 5.30. The van der Waals surface area contributed by atoms with Crippen molar-refractivity contribution in [3.63, 3.8) is 0 Å². The highest BCUT2D eigenvalue weighted by Crippen LogP contribution is 2.20. The summed E-state index contributed by atoms with van der Waals surface area (Å²) in [5, 5.41) is 10.7. The second-order valence-electron chi connectivity index (χ2n) is 3.70. The SMILES string of the molecule is C[C@H](Cc1ccccc1[N+](=O)[O-])OS(C)(=O)=O. The Kier molecular flexibility index (Phi) is 4.19. The maximum Gasteiger partial charge on any atom is 0.272 e. The molecule has 0 spiro atoms. The predicted molar refractivity (Wildman–Crippen MR) is 62.2 cm³/mol. The first-order valence-electron chi connectivity index (χ1n) is 4.90. The molecule has 1 atom stereocenters. The van der Waals surface area contributed by atoms with E-state index >= 15 is 0 Å². The minimum Gasteiger partial charge on any atom is -0.267 e. The van der Waals surface area contributed by atoms with Crippen molar-refractivity contribution in [2.75, 3.05) is 6.26 Å². The zero-order valence-electron chi connectivity index (χ0n) is 9.49. The highest BCUT2D eigenvalue weighted by molar-refractivity contribution is 7.86. The van der Waals surface area contributed by atoms with Crippen molar-refractivity contribution in [1.82, 2.24) is 0 Å². The molecule has 1 rings (SSSR count). The van der Waals surface area contributed by atoms with Gasteiger partial charge in [0.05, 0.1) is 17.3 Å². The second kappa shape index (κ2) is 5.24. The average Bonchev–Trinajstić information content (AvgIpc) is 2.14. The molecule has 0 saturated carbocycles. The molecule has 0 bridgehead atoms. The smallest absolute Gasteiger partial charge is 0.267 e. The molecule has 0 heterocycles. The van der Waals surface area contributed by atoms with E-state index in [1.807, 2.05) is 0 Å². The van der Waals surface area contributed by atoms with Crippen LogP contribution in [0.2, 0.25) is 0 Å². The maximum absolute atomic E-state index is 10.9. The van der Waals surface area contributed by atoms with Crippen molar-refractivity contribution < 1.29 is 17.5 Å². The summed E-state index contributed by atoms with van der Waals surface area (Å²) in [6.07, 6.45) is 0.485. The van der Waals surface area contributed by atoms with Crippen LogP contribution in [0.1, 0.15) is 12.5 Å². The summed E-state index contributed by atoms with van der Waals surface area (Å²) >= 11 is 0. The number of nitro groups is 1. The Morgan fingerprint density at radius 2 is 2.00 bits per heavy atom. The van der Waals surface area contributed by atoms with E-state index in [0.717, 1.165) is 6.26 Å². The molecule has 0 aliphatic heterocycles. The highest BCUT2D eigenvalue weighted by atomic mass is 32.2. The van der Waals surface area contributed by atoms with E-state index in [0.29, 0.717) is 5.56 Å². The fourth-order valence-electron chi connectivity index (χ4n) is 1.50. The summed E-state index contributed by atoms with van der Waals surface area (Å²) in [7, 11) is -3.55. The third-order valence-electron chi connectivity index (χ3n) is 2.03. The van der Waals surface area contributed by atoms with Crippen LogP contribution >= 0.6 is 0 Å². The van der Waals surface area contributed by atoms with Gasteiger partial charge in [0, 0.05) is 18.1 Å². The zero-order chi connectivity index (χ0) is 13.1. The van der Waals surface area contributed by atoms with Gasteiger partial charge in [-0.15, -0.1) is 0 Å². The monoisotopic (exact) mass is 259 g/mol. The van der Waals surface area contributed by atoms with Crippen molar-refractivity contribution in [3.8, 4) is 0 Å². The third kappa shape index (κ3) is 4.49. The Morgan fingerprint density at radius 3 is 2.53 bits per heavy atom. The van der Waals surface area contributed by atoms with Crippen LogP contribution in [0.25, 0.3) is 0 Å². The topological polar surface area (TPSA) is 86.5 Å². The number of nitro benzene ring substituents is 1. The summed E-state index contributed by atoms with van der Waals surface area (Å²) in [4.78, 5) is 10.2. The summed E-state index contributed by atoms with van der Waals surface area (Å²) in [6, 6.07) is 6.18. The quantitative estimate of drug-likeness (QED) is 0.454. The molecule has 0 aliphatic rings. The molecule has 0 aromatic heterocycles. The van der Waals surface area contributed by atoms with E-state index in [9.17, 15) is 18.5 Å². The molecule has 0 saturated heterocycles. The lowest BCUT2D eigenvalue weighted by Gasteiger charge is -2.10. The van der Waals surface area contributed by atoms with E-state index in [1.54, 1.807) is 25.1 Å². The third-order valence-corrected chi connectivity index (χ3v) is 2.71. The lowest BCUT2D eigenvalue weighted by molar-refractivity contribution is -0.385. The molecule has 0 radical (unpaired) electrons. The molecule has 1 aromatic rings. The van der Waals surface area contributed by atoms with E-state index in [1.165, 1.54) is 6.07 Å². The number of rotatable bonds is 5. The van der Waals surface area contributed by atoms with Crippen molar-refractivity contribution in [3.05, 3.63) is 39.9 Å². The Hall–Kier alpha value is -1.47. The standard InChI is InChI=1S/C10H13NO5S/c1-8(16-17(2,14)15)7-9-5-3-4-6-10(9)11(12)13/h3-6,8H,7H2,1-2H3/t8-/m1/s1.